The molecule has 0 bridgehead atoms. The molecule has 1 atom stereocenters. The fraction of sp³-hybridized carbons (Fsp3) is 0.737. The molecule has 1 spiro atoms. The van der Waals surface area contributed by atoms with Gasteiger partial charge < -0.3 is 14.7 Å². The van der Waals surface area contributed by atoms with Crippen LogP contribution in [0.1, 0.15) is 32.1 Å². The maximum Gasteiger partial charge on any atom is 0.167 e. The molecular weight excluding hydrogens is 357 g/mol. The molecule has 0 saturated carbocycles. The lowest BCUT2D eigenvalue weighted by atomic mass is 9.71. The van der Waals surface area contributed by atoms with Crippen LogP contribution in [0.3, 0.4) is 0 Å². The molecule has 0 radical (unpaired) electrons. The summed E-state index contributed by atoms with van der Waals surface area (Å²) < 4.78 is 19.7. The fourth-order valence-corrected chi connectivity index (χ4v) is 5.06. The molecule has 3 saturated heterocycles. The van der Waals surface area contributed by atoms with Gasteiger partial charge in [0, 0.05) is 51.6 Å². The van der Waals surface area contributed by atoms with Crippen molar-refractivity contribution in [2.45, 2.75) is 44.2 Å². The number of hydrogen-bond donors (Lipinski definition) is 1. The Kier molecular flexibility index (Phi) is 5.37. The molecule has 0 aliphatic carbocycles. The Morgan fingerprint density at radius 3 is 2.69 bits per heavy atom. The molecule has 0 amide bonds. The van der Waals surface area contributed by atoms with Crippen LogP contribution >= 0.6 is 11.6 Å². The summed E-state index contributed by atoms with van der Waals surface area (Å²) in [5.41, 5.74) is 0.120. The largest absolute Gasteiger partial charge is 0.392 e. The topological polar surface area (TPSA) is 48.8 Å². The number of rotatable bonds is 2. The van der Waals surface area contributed by atoms with E-state index in [4.69, 9.17) is 16.3 Å². The molecule has 3 fully saturated rings. The van der Waals surface area contributed by atoms with Gasteiger partial charge in [-0.05, 0) is 43.6 Å². The van der Waals surface area contributed by atoms with E-state index in [1.807, 2.05) is 4.90 Å². The molecule has 1 N–H and O–H groups in total. The molecule has 0 aromatic carbocycles. The van der Waals surface area contributed by atoms with Gasteiger partial charge in [0.15, 0.2) is 11.6 Å². The summed E-state index contributed by atoms with van der Waals surface area (Å²) in [5.74, 6) is 0.0304. The van der Waals surface area contributed by atoms with Crippen molar-refractivity contribution < 1.29 is 14.2 Å². The summed E-state index contributed by atoms with van der Waals surface area (Å²) in [6.07, 6.45) is 6.08. The van der Waals surface area contributed by atoms with E-state index in [-0.39, 0.29) is 17.3 Å². The Bertz CT molecular complexity index is 633. The van der Waals surface area contributed by atoms with Crippen molar-refractivity contribution in [3.63, 3.8) is 0 Å². The first kappa shape index (κ1) is 18.4. The third kappa shape index (κ3) is 3.84. The van der Waals surface area contributed by atoms with Crippen LogP contribution in [0.25, 0.3) is 0 Å². The average Bonchev–Trinajstić information content (AvgIpc) is 2.63. The highest BCUT2D eigenvalue weighted by molar-refractivity contribution is 6.30. The highest BCUT2D eigenvalue weighted by atomic mass is 35.5. The molecule has 144 valence electrons. The maximum absolute atomic E-state index is 14.2. The zero-order valence-corrected chi connectivity index (χ0v) is 15.8. The van der Waals surface area contributed by atoms with Gasteiger partial charge in [-0.25, -0.2) is 9.37 Å². The first-order chi connectivity index (χ1) is 12.5. The Labute approximate surface area is 159 Å². The van der Waals surface area contributed by atoms with E-state index in [1.165, 1.54) is 12.3 Å². The molecule has 4 heterocycles. The lowest BCUT2D eigenvalue weighted by molar-refractivity contribution is -0.0602. The zero-order valence-electron chi connectivity index (χ0n) is 15.0. The van der Waals surface area contributed by atoms with E-state index < -0.39 is 0 Å². The van der Waals surface area contributed by atoms with Gasteiger partial charge in [-0.2, -0.15) is 0 Å². The van der Waals surface area contributed by atoms with E-state index in [0.29, 0.717) is 16.9 Å². The minimum atomic E-state index is -0.360. The predicted octanol–water partition coefficient (Wildman–Crippen LogP) is 2.71. The number of pyridine rings is 1. The molecule has 1 unspecified atom stereocenters. The van der Waals surface area contributed by atoms with Crippen LogP contribution in [0.4, 0.5) is 10.2 Å². The maximum atomic E-state index is 14.2. The molecule has 1 aromatic rings. The first-order valence-corrected chi connectivity index (χ1v) is 9.98. The van der Waals surface area contributed by atoms with Crippen LogP contribution in [0.5, 0.6) is 0 Å². The second kappa shape index (κ2) is 7.58. The lowest BCUT2D eigenvalue weighted by Crippen LogP contribution is -2.57. The van der Waals surface area contributed by atoms with E-state index in [2.05, 4.69) is 9.88 Å². The number of nitrogens with zero attached hydrogens (tertiary/aromatic N) is 3. The number of piperidine rings is 2. The van der Waals surface area contributed by atoms with Gasteiger partial charge in [0.25, 0.3) is 0 Å². The summed E-state index contributed by atoms with van der Waals surface area (Å²) in [5, 5.41) is 10.8. The van der Waals surface area contributed by atoms with Gasteiger partial charge in [-0.15, -0.1) is 0 Å². The van der Waals surface area contributed by atoms with E-state index >= 15 is 0 Å². The number of aliphatic hydroxyl groups excluding tert-OH is 1. The summed E-state index contributed by atoms with van der Waals surface area (Å²) in [4.78, 5) is 8.67. The van der Waals surface area contributed by atoms with Gasteiger partial charge in [0.2, 0.25) is 0 Å². The van der Waals surface area contributed by atoms with Crippen molar-refractivity contribution in [1.29, 1.82) is 0 Å². The van der Waals surface area contributed by atoms with Crippen molar-refractivity contribution in [1.82, 2.24) is 9.88 Å². The molecule has 3 aliphatic heterocycles. The third-order valence-electron chi connectivity index (χ3n) is 6.27. The molecule has 7 heteroatoms. The van der Waals surface area contributed by atoms with E-state index in [9.17, 15) is 9.50 Å². The van der Waals surface area contributed by atoms with Crippen molar-refractivity contribution in [3.8, 4) is 0 Å². The number of halogens is 2. The normalized spacial score (nSPS) is 27.8. The molecular formula is C19H27ClFN3O2. The summed E-state index contributed by atoms with van der Waals surface area (Å²) in [7, 11) is 0. The molecule has 3 aliphatic rings. The number of β-amino-alcohol motifs (C(OH)–C–C–N with tert-alkyl or cyclic N) is 1. The van der Waals surface area contributed by atoms with Crippen LogP contribution in [0.15, 0.2) is 12.3 Å². The average molecular weight is 384 g/mol. The fourth-order valence-electron chi connectivity index (χ4n) is 4.92. The number of hydrogen-bond acceptors (Lipinski definition) is 5. The van der Waals surface area contributed by atoms with Crippen molar-refractivity contribution in [2.24, 2.45) is 5.41 Å². The summed E-state index contributed by atoms with van der Waals surface area (Å²) in [6, 6.07) is 1.84. The Balaban J connectivity index is 1.43. The standard InChI is InChI=1S/C19H27ClFN3O2/c20-14-9-17(21)18(22-11-14)23-5-3-19(4-6-23)10-16(25)12-24(13-19)15-1-7-26-8-2-15/h9,11,15-16,25H,1-8,10,12-13H2. The van der Waals surface area contributed by atoms with Crippen LogP contribution in [0, 0.1) is 11.2 Å². The van der Waals surface area contributed by atoms with Crippen LogP contribution < -0.4 is 4.90 Å². The Hall–Kier alpha value is -0.950. The predicted molar refractivity (Wildman–Crippen MR) is 99.1 cm³/mol. The quantitative estimate of drug-likeness (QED) is 0.850. The SMILES string of the molecule is OC1CN(C2CCOCC2)CC2(CCN(c3ncc(Cl)cc3F)CC2)C1. The van der Waals surface area contributed by atoms with Crippen molar-refractivity contribution >= 4 is 17.4 Å². The van der Waals surface area contributed by atoms with Gasteiger partial charge in [-0.1, -0.05) is 11.6 Å². The zero-order chi connectivity index (χ0) is 18.1. The molecule has 4 rings (SSSR count). The van der Waals surface area contributed by atoms with Gasteiger partial charge in [0.05, 0.1) is 11.1 Å². The number of aromatic nitrogens is 1. The van der Waals surface area contributed by atoms with E-state index in [0.717, 1.165) is 71.5 Å². The van der Waals surface area contributed by atoms with Crippen LogP contribution in [-0.2, 0) is 4.74 Å². The number of likely N-dealkylation sites (tertiary alicyclic amines) is 1. The monoisotopic (exact) mass is 383 g/mol. The van der Waals surface area contributed by atoms with Gasteiger partial charge >= 0.3 is 0 Å². The summed E-state index contributed by atoms with van der Waals surface area (Å²) >= 11 is 5.82. The van der Waals surface area contributed by atoms with E-state index in [1.54, 1.807) is 0 Å². The van der Waals surface area contributed by atoms with Crippen molar-refractivity contribution in [2.75, 3.05) is 44.3 Å². The second-order valence-electron chi connectivity index (χ2n) is 8.08. The number of anilines is 1. The highest BCUT2D eigenvalue weighted by Crippen LogP contribution is 2.42. The lowest BCUT2D eigenvalue weighted by Gasteiger charge is -2.51. The molecule has 1 aromatic heterocycles. The second-order valence-corrected chi connectivity index (χ2v) is 8.51. The van der Waals surface area contributed by atoms with Crippen LogP contribution in [0.2, 0.25) is 5.02 Å². The number of aliphatic hydroxyl groups is 1. The van der Waals surface area contributed by atoms with Gasteiger partial charge in [-0.3, -0.25) is 4.90 Å². The first-order valence-electron chi connectivity index (χ1n) is 9.61. The molecule has 26 heavy (non-hydrogen) atoms. The third-order valence-corrected chi connectivity index (χ3v) is 6.48. The summed E-state index contributed by atoms with van der Waals surface area (Å²) in [6.45, 7) is 4.96. The number of ether oxygens (including phenoxy) is 1. The minimum absolute atomic E-state index is 0.120. The minimum Gasteiger partial charge on any atom is -0.392 e. The Morgan fingerprint density at radius 2 is 2.00 bits per heavy atom. The smallest absolute Gasteiger partial charge is 0.167 e. The molecule has 5 nitrogen and oxygen atoms in total. The van der Waals surface area contributed by atoms with Crippen LogP contribution in [-0.4, -0.2) is 66.5 Å². The Morgan fingerprint density at radius 1 is 1.27 bits per heavy atom. The highest BCUT2D eigenvalue weighted by Gasteiger charge is 2.43. The van der Waals surface area contributed by atoms with Gasteiger partial charge in [0.1, 0.15) is 0 Å². The van der Waals surface area contributed by atoms with Crippen molar-refractivity contribution in [3.05, 3.63) is 23.1 Å².